The van der Waals surface area contributed by atoms with Crippen molar-refractivity contribution in [3.05, 3.63) is 148 Å². The van der Waals surface area contributed by atoms with E-state index in [1.54, 1.807) is 49.6 Å². The number of aromatic amines is 1. The van der Waals surface area contributed by atoms with Gasteiger partial charge in [0.05, 0.1) is 20.3 Å². The van der Waals surface area contributed by atoms with Crippen molar-refractivity contribution in [1.29, 1.82) is 0 Å². The molecule has 0 radical (unpaired) electrons. The third kappa shape index (κ3) is 9.02. The number of hydrogen-bond acceptors (Lipinski definition) is 8. The average Bonchev–Trinajstić information content (AvgIpc) is 3.71. The minimum absolute atomic E-state index is 0.0119. The Morgan fingerprint density at radius 2 is 1.55 bits per heavy atom. The molecule has 1 aromatic heterocycles. The molecular weight excluding hydrogens is 707 g/mol. The second-order valence-electron chi connectivity index (χ2n) is 14.5. The van der Waals surface area contributed by atoms with E-state index in [9.17, 15) is 30.3 Å². The van der Waals surface area contributed by atoms with Gasteiger partial charge in [0.1, 0.15) is 11.5 Å². The number of ketones is 1. The number of carbonyl (C=O) groups excluding carboxylic acids is 1. The number of phenols is 3. The highest BCUT2D eigenvalue weighted by molar-refractivity contribution is 5.90. The maximum Gasteiger partial charge on any atom is 0.164 e. The predicted molar refractivity (Wildman–Crippen MR) is 218 cm³/mol. The summed E-state index contributed by atoms with van der Waals surface area (Å²) in [6, 6.07) is 27.4. The summed E-state index contributed by atoms with van der Waals surface area (Å²) in [7, 11) is 3.01. The third-order valence-electron chi connectivity index (χ3n) is 10.9. The molecule has 0 aliphatic rings. The van der Waals surface area contributed by atoms with Crippen molar-refractivity contribution in [2.75, 3.05) is 20.8 Å². The van der Waals surface area contributed by atoms with Crippen LogP contribution in [0.1, 0.15) is 63.8 Å². The number of benzene rings is 5. The molecule has 0 fully saturated rings. The summed E-state index contributed by atoms with van der Waals surface area (Å²) in [6.07, 6.45) is 5.36. The molecule has 0 unspecified atom stereocenters. The van der Waals surface area contributed by atoms with Crippen molar-refractivity contribution < 1.29 is 39.8 Å². The topological polar surface area (TPSA) is 152 Å². The Hall–Kier alpha value is -5.77. The molecule has 6 aromatic rings. The van der Waals surface area contributed by atoms with E-state index in [1.165, 1.54) is 13.2 Å². The Kier molecular flexibility index (Phi) is 13.0. The molecule has 0 saturated carbocycles. The lowest BCUT2D eigenvalue weighted by molar-refractivity contribution is -0.123. The highest BCUT2D eigenvalue weighted by atomic mass is 16.5. The number of aromatic hydroxyl groups is 3. The van der Waals surface area contributed by atoms with Gasteiger partial charge in [0.2, 0.25) is 0 Å². The Balaban J connectivity index is 1.37. The Bertz CT molecular complexity index is 2260. The number of ether oxygens (including phenoxy) is 2. The van der Waals surface area contributed by atoms with E-state index in [0.29, 0.717) is 37.0 Å². The number of hydrogen-bond donors (Lipinski definition) is 6. The molecule has 0 aliphatic carbocycles. The molecule has 0 aliphatic heterocycles. The van der Waals surface area contributed by atoms with Crippen molar-refractivity contribution in [1.82, 2.24) is 4.98 Å². The van der Waals surface area contributed by atoms with Crippen LogP contribution in [0.2, 0.25) is 0 Å². The number of aromatic nitrogens is 1. The summed E-state index contributed by atoms with van der Waals surface area (Å²) in [5.74, 6) is -0.628. The number of H-pyrrole nitrogens is 1. The highest BCUT2D eigenvalue weighted by Gasteiger charge is 2.30. The maximum atomic E-state index is 14.4. The van der Waals surface area contributed by atoms with E-state index in [0.717, 1.165) is 56.1 Å². The number of Topliss-reactive ketones (excluding diaryl/α,β-unsaturated/α-hetero) is 1. The Morgan fingerprint density at radius 3 is 2.27 bits per heavy atom. The summed E-state index contributed by atoms with van der Waals surface area (Å²) in [6.45, 7) is 2.13. The summed E-state index contributed by atoms with van der Waals surface area (Å²) < 4.78 is 11.2. The highest BCUT2D eigenvalue weighted by Crippen LogP contribution is 2.39. The molecule has 0 bridgehead atoms. The van der Waals surface area contributed by atoms with E-state index in [2.05, 4.69) is 30.1 Å². The molecular formula is C47H51NO8. The van der Waals surface area contributed by atoms with E-state index in [4.69, 9.17) is 9.47 Å². The molecule has 9 heteroatoms. The first-order valence-electron chi connectivity index (χ1n) is 19.1. The van der Waals surface area contributed by atoms with Crippen LogP contribution in [0.4, 0.5) is 0 Å². The van der Waals surface area contributed by atoms with E-state index in [-0.39, 0.29) is 48.2 Å². The predicted octanol–water partition coefficient (Wildman–Crippen LogP) is 7.74. The third-order valence-corrected chi connectivity index (χ3v) is 10.9. The van der Waals surface area contributed by atoms with Crippen LogP contribution in [0, 0.1) is 5.92 Å². The van der Waals surface area contributed by atoms with Crippen LogP contribution in [0.25, 0.3) is 10.8 Å². The number of fused-ring (bicyclic) bond motifs is 1. The molecule has 6 rings (SSSR count). The molecule has 3 atom stereocenters. The van der Waals surface area contributed by atoms with E-state index < -0.39 is 17.9 Å². The summed E-state index contributed by atoms with van der Waals surface area (Å²) in [4.78, 5) is 17.5. The number of aliphatic hydroxyl groups excluding tert-OH is 2. The van der Waals surface area contributed by atoms with Gasteiger partial charge in [-0.3, -0.25) is 4.79 Å². The first-order valence-corrected chi connectivity index (χ1v) is 19.1. The average molecular weight is 758 g/mol. The van der Waals surface area contributed by atoms with Gasteiger partial charge in [0, 0.05) is 43.3 Å². The zero-order chi connectivity index (χ0) is 39.8. The number of aryl methyl sites for hydroxylation is 1. The largest absolute Gasteiger partial charge is 0.508 e. The van der Waals surface area contributed by atoms with Gasteiger partial charge in [-0.1, -0.05) is 61.5 Å². The zero-order valence-corrected chi connectivity index (χ0v) is 32.2. The van der Waals surface area contributed by atoms with Crippen LogP contribution in [0.15, 0.2) is 103 Å². The molecule has 0 amide bonds. The van der Waals surface area contributed by atoms with Crippen LogP contribution in [-0.4, -0.2) is 63.2 Å². The fraction of sp³-hybridized carbons (Fsp3) is 0.298. The first kappa shape index (κ1) is 39.9. The van der Waals surface area contributed by atoms with Crippen LogP contribution < -0.4 is 9.47 Å². The van der Waals surface area contributed by atoms with Gasteiger partial charge >= 0.3 is 0 Å². The second-order valence-corrected chi connectivity index (χ2v) is 14.5. The SMILES string of the molecule is CCc1ccc2cccc(CCO)c2c1Cc1c(C[C@H](Cc2cc[nH]c2)[C@H](O)CC(=O)[C@H](Cc2ccc(O)c(OC)c2)c2cccc(O)c2)ccc(O)c1OC. The molecule has 292 valence electrons. The molecule has 0 spiro atoms. The van der Waals surface area contributed by atoms with Gasteiger partial charge in [-0.2, -0.15) is 0 Å². The number of nitrogens with one attached hydrogen (secondary N) is 1. The number of rotatable bonds is 18. The molecule has 6 N–H and O–H groups in total. The van der Waals surface area contributed by atoms with Gasteiger partial charge in [-0.25, -0.2) is 0 Å². The van der Waals surface area contributed by atoms with E-state index >= 15 is 0 Å². The van der Waals surface area contributed by atoms with Crippen molar-refractivity contribution in [3.8, 4) is 28.7 Å². The second kappa shape index (κ2) is 18.2. The fourth-order valence-corrected chi connectivity index (χ4v) is 8.06. The van der Waals surface area contributed by atoms with Crippen LogP contribution in [0.5, 0.6) is 28.7 Å². The minimum atomic E-state index is -1.06. The van der Waals surface area contributed by atoms with Gasteiger partial charge in [-0.15, -0.1) is 0 Å². The molecule has 1 heterocycles. The Morgan fingerprint density at radius 1 is 0.768 bits per heavy atom. The standard InChI is InChI=1S/C47H51NO8/c1-4-31-12-13-32-7-5-8-33(18-20-49)46(32)39(31)26-40-35(14-16-42(52)47(40)56-3)24-36(21-30-17-19-48-28-30)43(53)27-44(54)38(34-9-6-10-37(50)25-34)22-29-11-15-41(51)45(23-29)55-2/h5-17,19,23,25,28,36,38,43,48-53H,4,18,20-22,24,26-27H2,1-3H3/t36-,38+,43+/m0/s1. The van der Waals surface area contributed by atoms with Crippen LogP contribution >= 0.6 is 0 Å². The summed E-state index contributed by atoms with van der Waals surface area (Å²) in [5.41, 5.74) is 7.31. The van der Waals surface area contributed by atoms with Gasteiger partial charge in [0.25, 0.3) is 0 Å². The molecule has 0 saturated heterocycles. The number of carbonyl (C=O) groups is 1. The smallest absolute Gasteiger partial charge is 0.164 e. The molecule has 5 aromatic carbocycles. The monoisotopic (exact) mass is 757 g/mol. The quantitative estimate of drug-likeness (QED) is 0.0521. The van der Waals surface area contributed by atoms with Gasteiger partial charge < -0.3 is 40.0 Å². The molecule has 56 heavy (non-hydrogen) atoms. The lowest BCUT2D eigenvalue weighted by atomic mass is 9.80. The maximum absolute atomic E-state index is 14.4. The van der Waals surface area contributed by atoms with Crippen LogP contribution in [-0.2, 0) is 43.3 Å². The number of phenolic OH excluding ortho intramolecular Hbond substituents is 3. The fourth-order valence-electron chi connectivity index (χ4n) is 8.06. The number of methoxy groups -OCH3 is 2. The van der Waals surface area contributed by atoms with Crippen molar-refractivity contribution >= 4 is 16.6 Å². The lowest BCUT2D eigenvalue weighted by Crippen LogP contribution is -2.30. The van der Waals surface area contributed by atoms with Crippen molar-refractivity contribution in [2.45, 2.75) is 63.9 Å². The minimum Gasteiger partial charge on any atom is -0.508 e. The Labute approximate surface area is 327 Å². The zero-order valence-electron chi connectivity index (χ0n) is 32.2. The van der Waals surface area contributed by atoms with Crippen molar-refractivity contribution in [2.24, 2.45) is 5.92 Å². The van der Waals surface area contributed by atoms with Gasteiger partial charge in [-0.05, 0) is 124 Å². The molecule has 9 nitrogen and oxygen atoms in total. The van der Waals surface area contributed by atoms with Gasteiger partial charge in [0.15, 0.2) is 23.0 Å². The van der Waals surface area contributed by atoms with Crippen molar-refractivity contribution in [3.63, 3.8) is 0 Å². The van der Waals surface area contributed by atoms with Crippen LogP contribution in [0.3, 0.4) is 0 Å². The normalized spacial score (nSPS) is 13.0. The summed E-state index contributed by atoms with van der Waals surface area (Å²) in [5, 5.41) is 55.9. The summed E-state index contributed by atoms with van der Waals surface area (Å²) >= 11 is 0. The number of aliphatic hydroxyl groups is 2. The first-order chi connectivity index (χ1) is 27.1. The van der Waals surface area contributed by atoms with E-state index in [1.807, 2.05) is 36.7 Å². The lowest BCUT2D eigenvalue weighted by Gasteiger charge is -2.27.